The van der Waals surface area contributed by atoms with E-state index in [2.05, 4.69) is 41.6 Å². The average molecular weight is 338 g/mol. The number of aryl methyl sites for hydroxylation is 1. The predicted molar refractivity (Wildman–Crippen MR) is 102 cm³/mol. The fraction of sp³-hybridized carbons (Fsp3) is 0.333. The quantitative estimate of drug-likeness (QED) is 0.590. The van der Waals surface area contributed by atoms with E-state index < -0.39 is 6.10 Å². The molecule has 0 bridgehead atoms. The number of hydrogen-bond donors (Lipinski definition) is 3. The Kier molecular flexibility index (Phi) is 5.74. The molecule has 0 saturated heterocycles. The van der Waals surface area contributed by atoms with Gasteiger partial charge in [-0.25, -0.2) is 0 Å². The number of aromatic nitrogens is 1. The van der Waals surface area contributed by atoms with E-state index in [0.29, 0.717) is 6.54 Å². The average Bonchev–Trinajstić information content (AvgIpc) is 3.02. The zero-order valence-corrected chi connectivity index (χ0v) is 14.8. The molecule has 0 aliphatic rings. The smallest absolute Gasteiger partial charge is 0.122 e. The van der Waals surface area contributed by atoms with Gasteiger partial charge < -0.3 is 20.1 Å². The summed E-state index contributed by atoms with van der Waals surface area (Å²) in [5.41, 5.74) is 3.54. The van der Waals surface area contributed by atoms with Crippen molar-refractivity contribution in [3.05, 3.63) is 65.9 Å². The van der Waals surface area contributed by atoms with Gasteiger partial charge in [-0.15, -0.1) is 0 Å². The lowest BCUT2D eigenvalue weighted by Gasteiger charge is -2.18. The first kappa shape index (κ1) is 17.5. The van der Waals surface area contributed by atoms with Crippen LogP contribution in [0.15, 0.2) is 54.7 Å². The van der Waals surface area contributed by atoms with Gasteiger partial charge in [-0.2, -0.15) is 0 Å². The first-order chi connectivity index (χ1) is 12.1. The molecule has 1 heterocycles. The van der Waals surface area contributed by atoms with E-state index in [0.717, 1.165) is 23.3 Å². The molecule has 0 aliphatic heterocycles. The molecule has 2 aromatic carbocycles. The number of hydrogen-bond acceptors (Lipinski definition) is 3. The van der Waals surface area contributed by atoms with Gasteiger partial charge in [-0.3, -0.25) is 0 Å². The Hall–Kier alpha value is -2.30. The van der Waals surface area contributed by atoms with Gasteiger partial charge in [0.25, 0.3) is 0 Å². The van der Waals surface area contributed by atoms with Crippen LogP contribution < -0.4 is 10.1 Å². The number of nitrogens with one attached hydrogen (secondary N) is 2. The zero-order chi connectivity index (χ0) is 17.6. The molecule has 0 fully saturated rings. The Bertz CT molecular complexity index is 812. The van der Waals surface area contributed by atoms with Crippen molar-refractivity contribution in [2.75, 3.05) is 13.2 Å². The van der Waals surface area contributed by atoms with E-state index in [4.69, 9.17) is 4.74 Å². The van der Waals surface area contributed by atoms with Gasteiger partial charge >= 0.3 is 0 Å². The van der Waals surface area contributed by atoms with Crippen LogP contribution >= 0.6 is 0 Å². The molecule has 1 aromatic heterocycles. The Balaban J connectivity index is 1.45. The second-order valence-corrected chi connectivity index (χ2v) is 6.60. The molecule has 0 aliphatic carbocycles. The van der Waals surface area contributed by atoms with Crippen molar-refractivity contribution in [3.8, 4) is 5.75 Å². The predicted octanol–water partition coefficient (Wildman–Crippen LogP) is 3.44. The summed E-state index contributed by atoms with van der Waals surface area (Å²) in [5.74, 6) is 0.827. The maximum atomic E-state index is 10.2. The monoisotopic (exact) mass is 338 g/mol. The second kappa shape index (κ2) is 8.19. The molecule has 25 heavy (non-hydrogen) atoms. The van der Waals surface area contributed by atoms with Gasteiger partial charge in [0.1, 0.15) is 18.5 Å². The topological polar surface area (TPSA) is 57.3 Å². The maximum Gasteiger partial charge on any atom is 0.122 e. The van der Waals surface area contributed by atoms with Gasteiger partial charge in [0.15, 0.2) is 0 Å². The van der Waals surface area contributed by atoms with Crippen LogP contribution in [0, 0.1) is 6.92 Å². The Morgan fingerprint density at radius 2 is 1.88 bits per heavy atom. The molecule has 2 atom stereocenters. The third kappa shape index (κ3) is 4.62. The van der Waals surface area contributed by atoms with Crippen LogP contribution in [0.1, 0.15) is 18.1 Å². The van der Waals surface area contributed by atoms with E-state index in [1.165, 1.54) is 10.9 Å². The van der Waals surface area contributed by atoms with Crippen LogP contribution in [0.2, 0.25) is 0 Å². The lowest BCUT2D eigenvalue weighted by molar-refractivity contribution is 0.104. The summed E-state index contributed by atoms with van der Waals surface area (Å²) in [5, 5.41) is 14.8. The highest BCUT2D eigenvalue weighted by atomic mass is 16.5. The molecule has 4 nitrogen and oxygen atoms in total. The summed E-state index contributed by atoms with van der Waals surface area (Å²) in [6.07, 6.45) is 2.45. The first-order valence-electron chi connectivity index (χ1n) is 8.78. The summed E-state index contributed by atoms with van der Waals surface area (Å²) < 4.78 is 5.70. The number of ether oxygens (including phenoxy) is 1. The third-order valence-electron chi connectivity index (χ3n) is 4.43. The minimum atomic E-state index is -0.537. The molecule has 4 heteroatoms. The fourth-order valence-electron chi connectivity index (χ4n) is 3.00. The molecule has 132 valence electrons. The maximum absolute atomic E-state index is 10.2. The van der Waals surface area contributed by atoms with Gasteiger partial charge in [-0.1, -0.05) is 36.4 Å². The van der Waals surface area contributed by atoms with Crippen LogP contribution in [0.5, 0.6) is 5.75 Å². The molecule has 3 aromatic rings. The highest BCUT2D eigenvalue weighted by Gasteiger charge is 2.11. The number of H-pyrrole nitrogens is 1. The van der Waals surface area contributed by atoms with E-state index in [9.17, 15) is 5.11 Å². The number of aliphatic hydroxyl groups is 1. The van der Waals surface area contributed by atoms with Gasteiger partial charge in [-0.05, 0) is 43.5 Å². The number of benzene rings is 2. The number of aromatic amines is 1. The number of rotatable bonds is 8. The fourth-order valence-corrected chi connectivity index (χ4v) is 3.00. The molecule has 3 N–H and O–H groups in total. The summed E-state index contributed by atoms with van der Waals surface area (Å²) >= 11 is 0. The van der Waals surface area contributed by atoms with Gasteiger partial charge in [0, 0.05) is 29.7 Å². The first-order valence-corrected chi connectivity index (χ1v) is 8.78. The minimum absolute atomic E-state index is 0.271. The number of para-hydroxylation sites is 2. The number of aliphatic hydroxyl groups excluding tert-OH is 1. The number of fused-ring (bicyclic) bond motifs is 1. The molecule has 0 spiro atoms. The summed E-state index contributed by atoms with van der Waals surface area (Å²) in [7, 11) is 0. The molecule has 1 unspecified atom stereocenters. The van der Waals surface area contributed by atoms with Crippen molar-refractivity contribution in [3.63, 3.8) is 0 Å². The second-order valence-electron chi connectivity index (χ2n) is 6.60. The highest BCUT2D eigenvalue weighted by molar-refractivity contribution is 5.83. The summed E-state index contributed by atoms with van der Waals surface area (Å²) in [4.78, 5) is 3.30. The molecule has 3 rings (SSSR count). The van der Waals surface area contributed by atoms with E-state index in [1.54, 1.807) is 0 Å². The Morgan fingerprint density at radius 1 is 1.12 bits per heavy atom. The summed E-state index contributed by atoms with van der Waals surface area (Å²) in [6.45, 7) is 4.94. The lowest BCUT2D eigenvalue weighted by Crippen LogP contribution is -2.37. The largest absolute Gasteiger partial charge is 0.491 e. The van der Waals surface area contributed by atoms with E-state index in [1.807, 2.05) is 37.3 Å². The third-order valence-corrected chi connectivity index (χ3v) is 4.43. The highest BCUT2D eigenvalue weighted by Crippen LogP contribution is 2.19. The van der Waals surface area contributed by atoms with Gasteiger partial charge in [0.05, 0.1) is 0 Å². The van der Waals surface area contributed by atoms with Crippen molar-refractivity contribution in [2.45, 2.75) is 32.4 Å². The van der Waals surface area contributed by atoms with Crippen molar-refractivity contribution < 1.29 is 9.84 Å². The summed E-state index contributed by atoms with van der Waals surface area (Å²) in [6, 6.07) is 16.4. The van der Waals surface area contributed by atoms with Gasteiger partial charge in [0.2, 0.25) is 0 Å². The van der Waals surface area contributed by atoms with Crippen LogP contribution in [0.25, 0.3) is 10.9 Å². The minimum Gasteiger partial charge on any atom is -0.491 e. The zero-order valence-electron chi connectivity index (χ0n) is 14.8. The molecule has 0 radical (unpaired) electrons. The molecular weight excluding hydrogens is 312 g/mol. The van der Waals surface area contributed by atoms with E-state index in [-0.39, 0.29) is 12.6 Å². The van der Waals surface area contributed by atoms with Crippen molar-refractivity contribution >= 4 is 10.9 Å². The SMILES string of the molecule is Cc1ccccc1OC[C@H](O)CNC(C)Cc1c[nH]c2ccccc12. The van der Waals surface area contributed by atoms with Crippen LogP contribution in [0.3, 0.4) is 0 Å². The molecular formula is C21H26N2O2. The Morgan fingerprint density at radius 3 is 2.72 bits per heavy atom. The molecule has 0 saturated carbocycles. The van der Waals surface area contributed by atoms with Crippen molar-refractivity contribution in [1.29, 1.82) is 0 Å². The van der Waals surface area contributed by atoms with Crippen molar-refractivity contribution in [1.82, 2.24) is 10.3 Å². The lowest BCUT2D eigenvalue weighted by atomic mass is 10.1. The molecule has 0 amide bonds. The van der Waals surface area contributed by atoms with E-state index >= 15 is 0 Å². The standard InChI is InChI=1S/C21H26N2O2/c1-15-7-3-6-10-21(15)25-14-18(24)13-22-16(2)11-17-12-23-20-9-5-4-8-19(17)20/h3-10,12,16,18,22-24H,11,13-14H2,1-2H3/t16?,18-/m1/s1. The Labute approximate surface area is 148 Å². The van der Waals surface area contributed by atoms with Crippen molar-refractivity contribution in [2.24, 2.45) is 0 Å². The van der Waals surface area contributed by atoms with Crippen LogP contribution in [0.4, 0.5) is 0 Å². The van der Waals surface area contributed by atoms with Crippen LogP contribution in [-0.2, 0) is 6.42 Å². The normalized spacial score (nSPS) is 13.7. The van der Waals surface area contributed by atoms with Crippen LogP contribution in [-0.4, -0.2) is 35.4 Å².